The second kappa shape index (κ2) is 16.8. The number of hydrogen-bond acceptors (Lipinski definition) is 4. The standard InChI is InChI=1S/C62H44N4O2P2/c67-69(47-17-5-1-6-18-47,48-19-7-2-8-20-48)51-35-29-43(30-36-51)45-33-39-58-54(41-45)55-42-46(44-31-37-52(38-32-44)70(68,49-21-9-3-10-22-49)50-23-11-4-12-24-50)34-40-59(55)65(58)62-64-56-26-14-13-25-53(56)61-63-57-27-15-16-28-60(57)66(61)62/h1-42,67,69H. The van der Waals surface area contributed by atoms with E-state index in [1.165, 1.54) is 0 Å². The first-order valence-corrected chi connectivity index (χ1v) is 27.1. The number of imidazole rings is 1. The number of fused-ring (bicyclic) bond motifs is 8. The molecule has 0 saturated heterocycles. The van der Waals surface area contributed by atoms with Crippen LogP contribution in [-0.4, -0.2) is 23.8 Å². The Balaban J connectivity index is 0.994. The van der Waals surface area contributed by atoms with Crippen LogP contribution in [-0.2, 0) is 4.57 Å². The van der Waals surface area contributed by atoms with Gasteiger partial charge < -0.3 is 4.57 Å². The number of aromatic nitrogens is 4. The van der Waals surface area contributed by atoms with Crippen molar-refractivity contribution in [3.8, 4) is 28.2 Å². The molecule has 334 valence electrons. The van der Waals surface area contributed by atoms with E-state index in [0.29, 0.717) is 0 Å². The van der Waals surface area contributed by atoms with Crippen molar-refractivity contribution >= 4 is 95.8 Å². The van der Waals surface area contributed by atoms with Gasteiger partial charge in [0.15, 0.2) is 7.14 Å². The van der Waals surface area contributed by atoms with Crippen LogP contribution in [0.5, 0.6) is 0 Å². The Labute approximate surface area is 405 Å². The molecule has 10 aromatic carbocycles. The third-order valence-corrected chi connectivity index (χ3v) is 20.5. The van der Waals surface area contributed by atoms with E-state index in [9.17, 15) is 4.89 Å². The summed E-state index contributed by atoms with van der Waals surface area (Å²) >= 11 is 0. The minimum absolute atomic E-state index is 0.750. The molecule has 0 aliphatic carbocycles. The van der Waals surface area contributed by atoms with Gasteiger partial charge in [-0.05, 0) is 24.3 Å². The fraction of sp³-hybridized carbons (Fsp3) is 0. The van der Waals surface area contributed by atoms with E-state index in [0.717, 1.165) is 109 Å². The number of rotatable bonds is 9. The second-order valence-corrected chi connectivity index (χ2v) is 23.8. The molecule has 8 heteroatoms. The van der Waals surface area contributed by atoms with Crippen LogP contribution >= 0.6 is 14.6 Å². The maximum atomic E-state index is 15.3. The first-order chi connectivity index (χ1) is 34.5. The van der Waals surface area contributed by atoms with Crippen molar-refractivity contribution in [3.05, 3.63) is 255 Å². The molecule has 0 fully saturated rings. The van der Waals surface area contributed by atoms with E-state index >= 15 is 4.57 Å². The molecule has 0 saturated carbocycles. The topological polar surface area (TPSA) is 72.4 Å². The van der Waals surface area contributed by atoms with Gasteiger partial charge >= 0.3 is 242 Å². The van der Waals surface area contributed by atoms with E-state index in [1.807, 2.05) is 152 Å². The third-order valence-electron chi connectivity index (χ3n) is 13.9. The normalized spacial score (nSPS) is 12.4. The Bertz CT molecular complexity index is 4060. The van der Waals surface area contributed by atoms with Crippen molar-refractivity contribution in [2.24, 2.45) is 0 Å². The molecule has 6 nitrogen and oxygen atoms in total. The summed E-state index contributed by atoms with van der Waals surface area (Å²) in [5.74, 6) is 0.750. The van der Waals surface area contributed by atoms with Crippen LogP contribution in [0.2, 0.25) is 0 Å². The van der Waals surface area contributed by atoms with Crippen LogP contribution in [0.15, 0.2) is 255 Å². The zero-order chi connectivity index (χ0) is 46.8. The van der Waals surface area contributed by atoms with E-state index in [2.05, 4.69) is 112 Å². The SMILES string of the molecule is O=P(c1ccccc1)(c1ccccc1)c1ccc(-c2ccc3c(c2)c2cc(-c4ccc([PH](O)(c5ccccc5)c5ccccc5)cc4)ccc2n3-c2nc3ccccc3c3nc4ccccc4n23)cc1. The molecule has 0 bridgehead atoms. The van der Waals surface area contributed by atoms with Gasteiger partial charge in [-0.25, -0.2) is 4.98 Å². The summed E-state index contributed by atoms with van der Waals surface area (Å²) in [5.41, 5.74) is 9.76. The van der Waals surface area contributed by atoms with E-state index < -0.39 is 14.6 Å². The van der Waals surface area contributed by atoms with Crippen LogP contribution < -0.4 is 31.8 Å². The van der Waals surface area contributed by atoms with Crippen molar-refractivity contribution in [2.75, 3.05) is 0 Å². The molecule has 0 spiro atoms. The summed E-state index contributed by atoms with van der Waals surface area (Å²) in [6.07, 6.45) is 0. The molecule has 0 unspecified atom stereocenters. The zero-order valence-electron chi connectivity index (χ0n) is 37.8. The van der Waals surface area contributed by atoms with Crippen LogP contribution in [0.3, 0.4) is 0 Å². The molecular weight excluding hydrogens is 895 g/mol. The number of benzene rings is 10. The van der Waals surface area contributed by atoms with Crippen molar-refractivity contribution < 1.29 is 9.46 Å². The minimum Gasteiger partial charge on any atom is -0.0502 e. The quantitative estimate of drug-likeness (QED) is 0.146. The van der Waals surface area contributed by atoms with Gasteiger partial charge in [0.1, 0.15) is 0 Å². The van der Waals surface area contributed by atoms with Crippen LogP contribution in [0, 0.1) is 0 Å². The van der Waals surface area contributed by atoms with Gasteiger partial charge in [-0.1, -0.05) is 97.1 Å². The fourth-order valence-corrected chi connectivity index (χ4v) is 16.1. The Morgan fingerprint density at radius 2 is 0.800 bits per heavy atom. The Morgan fingerprint density at radius 3 is 1.36 bits per heavy atom. The molecule has 0 aliphatic heterocycles. The molecule has 1 N–H and O–H groups in total. The van der Waals surface area contributed by atoms with Crippen LogP contribution in [0.1, 0.15) is 0 Å². The first kappa shape index (κ1) is 41.9. The van der Waals surface area contributed by atoms with Gasteiger partial charge in [0.2, 0.25) is 0 Å². The number of hydrogen-bond donors (Lipinski definition) is 1. The first-order valence-electron chi connectivity index (χ1n) is 23.5. The van der Waals surface area contributed by atoms with Gasteiger partial charge in [-0.15, -0.1) is 0 Å². The third kappa shape index (κ3) is 6.68. The predicted octanol–water partition coefficient (Wildman–Crippen LogP) is 12.0. The molecule has 3 aromatic heterocycles. The van der Waals surface area contributed by atoms with Gasteiger partial charge in [-0.2, -0.15) is 0 Å². The predicted molar refractivity (Wildman–Crippen MR) is 295 cm³/mol. The zero-order valence-corrected chi connectivity index (χ0v) is 39.7. The Morgan fingerprint density at radius 1 is 0.371 bits per heavy atom. The summed E-state index contributed by atoms with van der Waals surface area (Å²) < 4.78 is 19.8. The van der Waals surface area contributed by atoms with Gasteiger partial charge in [-0.3, -0.25) is 0 Å². The summed E-state index contributed by atoms with van der Waals surface area (Å²) in [6, 6.07) is 86.3. The van der Waals surface area contributed by atoms with Crippen molar-refractivity contribution in [1.82, 2.24) is 18.9 Å². The number of para-hydroxylation sites is 3. The molecular formula is C62H44N4O2P2. The molecule has 0 radical (unpaired) electrons. The molecule has 13 rings (SSSR count). The molecule has 13 aromatic rings. The van der Waals surface area contributed by atoms with E-state index in [4.69, 9.17) is 9.97 Å². The van der Waals surface area contributed by atoms with Crippen molar-refractivity contribution in [2.45, 2.75) is 0 Å². The summed E-state index contributed by atoms with van der Waals surface area (Å²) in [7, 11) is -6.44. The van der Waals surface area contributed by atoms with Gasteiger partial charge in [0.25, 0.3) is 0 Å². The number of nitrogens with zero attached hydrogens (tertiary/aromatic N) is 4. The molecule has 0 aliphatic rings. The summed E-state index contributed by atoms with van der Waals surface area (Å²) in [6.45, 7) is 0. The monoisotopic (exact) mass is 938 g/mol. The van der Waals surface area contributed by atoms with Crippen molar-refractivity contribution in [3.63, 3.8) is 0 Å². The van der Waals surface area contributed by atoms with E-state index in [-0.39, 0.29) is 0 Å². The van der Waals surface area contributed by atoms with Crippen LogP contribution in [0.4, 0.5) is 0 Å². The Kier molecular flexibility index (Phi) is 10.0. The summed E-state index contributed by atoms with van der Waals surface area (Å²) in [4.78, 5) is 23.4. The average Bonchev–Trinajstić information content (AvgIpc) is 4.00. The van der Waals surface area contributed by atoms with Gasteiger partial charge in [0.05, 0.1) is 5.52 Å². The average molecular weight is 939 g/mol. The smallest absolute Gasteiger partial charge is 0.0502 e. The van der Waals surface area contributed by atoms with Crippen LogP contribution in [0.25, 0.3) is 77.6 Å². The van der Waals surface area contributed by atoms with Crippen molar-refractivity contribution in [1.29, 1.82) is 0 Å². The second-order valence-electron chi connectivity index (χ2n) is 17.8. The fourth-order valence-electron chi connectivity index (χ4n) is 10.4. The van der Waals surface area contributed by atoms with E-state index in [1.54, 1.807) is 0 Å². The maximum absolute atomic E-state index is 15.3. The molecule has 0 atom stereocenters. The molecule has 0 amide bonds. The Hall–Kier alpha value is -8.24. The molecule has 70 heavy (non-hydrogen) atoms. The minimum atomic E-state index is -3.29. The summed E-state index contributed by atoms with van der Waals surface area (Å²) in [5, 5.41) is 8.32. The van der Waals surface area contributed by atoms with Gasteiger partial charge in [0, 0.05) is 21.3 Å². The molecule has 3 heterocycles.